The Morgan fingerprint density at radius 2 is 2.08 bits per heavy atom. The lowest BCUT2D eigenvalue weighted by molar-refractivity contribution is 0.0706. The highest BCUT2D eigenvalue weighted by Gasteiger charge is 2.27. The van der Waals surface area contributed by atoms with Gasteiger partial charge in [0.1, 0.15) is 11.5 Å². The van der Waals surface area contributed by atoms with Gasteiger partial charge >= 0.3 is 0 Å². The lowest BCUT2D eigenvalue weighted by atomic mass is 10.1. The van der Waals surface area contributed by atoms with Gasteiger partial charge in [0.2, 0.25) is 0 Å². The first-order valence-electron chi connectivity index (χ1n) is 7.82. The number of aromatic nitrogens is 6. The molecule has 0 aliphatic carbocycles. The molecule has 3 aromatic heterocycles. The summed E-state index contributed by atoms with van der Waals surface area (Å²) >= 11 is 0. The molecule has 0 aromatic carbocycles. The minimum atomic E-state index is -0.120. The van der Waals surface area contributed by atoms with Crippen molar-refractivity contribution in [3.8, 4) is 0 Å². The molecule has 0 spiro atoms. The average molecular weight is 323 g/mol. The number of hydrogen-bond donors (Lipinski definition) is 0. The summed E-state index contributed by atoms with van der Waals surface area (Å²) in [5.74, 6) is 1.00. The zero-order valence-electron chi connectivity index (χ0n) is 13.1. The van der Waals surface area contributed by atoms with Gasteiger partial charge in [0.15, 0.2) is 0 Å². The van der Waals surface area contributed by atoms with Crippen LogP contribution in [0.5, 0.6) is 0 Å². The molecule has 4 heterocycles. The largest absolute Gasteiger partial charge is 0.333 e. The molecule has 0 radical (unpaired) electrons. The van der Waals surface area contributed by atoms with Crippen LogP contribution in [0.4, 0.5) is 0 Å². The zero-order chi connectivity index (χ0) is 16.4. The Morgan fingerprint density at radius 3 is 2.88 bits per heavy atom. The second-order valence-corrected chi connectivity index (χ2v) is 5.87. The Bertz CT molecular complexity index is 812. The Balaban J connectivity index is 1.60. The summed E-state index contributed by atoms with van der Waals surface area (Å²) in [6.45, 7) is 2.64. The maximum Gasteiger partial charge on any atom is 0.274 e. The lowest BCUT2D eigenvalue weighted by Gasteiger charge is -2.23. The van der Waals surface area contributed by atoms with Gasteiger partial charge in [0.25, 0.3) is 5.91 Å². The van der Waals surface area contributed by atoms with Gasteiger partial charge in [-0.15, -0.1) is 0 Å². The summed E-state index contributed by atoms with van der Waals surface area (Å²) in [5, 5.41) is 4.28. The van der Waals surface area contributed by atoms with Gasteiger partial charge in [-0.2, -0.15) is 5.10 Å². The van der Waals surface area contributed by atoms with Crippen LogP contribution in [0.25, 0.3) is 0 Å². The number of carbonyl (C=O) groups excluding carboxylic acids is 1. The first kappa shape index (κ1) is 14.6. The van der Waals surface area contributed by atoms with Gasteiger partial charge in [-0.1, -0.05) is 0 Å². The minimum Gasteiger partial charge on any atom is -0.333 e. The van der Waals surface area contributed by atoms with E-state index < -0.39 is 0 Å². The van der Waals surface area contributed by atoms with Crippen LogP contribution in [0.3, 0.4) is 0 Å². The molecule has 1 aliphatic heterocycles. The van der Waals surface area contributed by atoms with E-state index in [-0.39, 0.29) is 11.8 Å². The molecule has 0 saturated heterocycles. The Hall–Kier alpha value is -3.03. The number of imidazole rings is 1. The average Bonchev–Trinajstić information content (AvgIpc) is 3.24. The monoisotopic (exact) mass is 323 g/mol. The molecule has 1 atom stereocenters. The van der Waals surface area contributed by atoms with Crippen molar-refractivity contribution in [2.24, 2.45) is 5.92 Å². The maximum absolute atomic E-state index is 12.8. The van der Waals surface area contributed by atoms with Crippen LogP contribution in [0.1, 0.15) is 16.3 Å². The van der Waals surface area contributed by atoms with E-state index in [4.69, 9.17) is 0 Å². The highest BCUT2D eigenvalue weighted by Crippen LogP contribution is 2.18. The van der Waals surface area contributed by atoms with E-state index in [0.29, 0.717) is 18.8 Å². The molecule has 0 bridgehead atoms. The van der Waals surface area contributed by atoms with E-state index in [0.717, 1.165) is 18.9 Å². The van der Waals surface area contributed by atoms with Crippen molar-refractivity contribution >= 4 is 5.91 Å². The van der Waals surface area contributed by atoms with Gasteiger partial charge in [-0.05, 0) is 6.07 Å². The van der Waals surface area contributed by atoms with E-state index >= 15 is 0 Å². The SMILES string of the molecule is O=C(c1cnccn1)N1Cc2nccn2C[C@H](Cn2cccn2)C1. The maximum atomic E-state index is 12.8. The normalized spacial score (nSPS) is 17.3. The van der Waals surface area contributed by atoms with Gasteiger partial charge in [0.05, 0.1) is 12.7 Å². The van der Waals surface area contributed by atoms with Crippen molar-refractivity contribution in [3.05, 3.63) is 61.0 Å². The van der Waals surface area contributed by atoms with Crippen molar-refractivity contribution in [1.29, 1.82) is 0 Å². The molecule has 3 aromatic rings. The van der Waals surface area contributed by atoms with E-state index in [1.807, 2.05) is 23.1 Å². The number of nitrogens with zero attached hydrogens (tertiary/aromatic N) is 7. The fourth-order valence-corrected chi connectivity index (χ4v) is 3.06. The van der Waals surface area contributed by atoms with Crippen molar-refractivity contribution in [1.82, 2.24) is 34.2 Å². The molecular weight excluding hydrogens is 306 g/mol. The molecule has 0 fully saturated rings. The van der Waals surface area contributed by atoms with Crippen LogP contribution in [0, 0.1) is 5.92 Å². The van der Waals surface area contributed by atoms with Gasteiger partial charge in [-0.3, -0.25) is 14.5 Å². The van der Waals surface area contributed by atoms with Crippen molar-refractivity contribution in [2.45, 2.75) is 19.6 Å². The summed E-state index contributed by atoms with van der Waals surface area (Å²) in [6, 6.07) is 1.90. The van der Waals surface area contributed by atoms with Crippen molar-refractivity contribution < 1.29 is 4.79 Å². The molecule has 0 unspecified atom stereocenters. The van der Waals surface area contributed by atoms with E-state index in [9.17, 15) is 4.79 Å². The molecule has 0 N–H and O–H groups in total. The second kappa shape index (κ2) is 6.23. The van der Waals surface area contributed by atoms with Crippen LogP contribution < -0.4 is 0 Å². The third-order valence-corrected chi connectivity index (χ3v) is 4.14. The molecule has 1 aliphatic rings. The van der Waals surface area contributed by atoms with Crippen LogP contribution in [-0.4, -0.2) is 46.7 Å². The van der Waals surface area contributed by atoms with Gasteiger partial charge in [0, 0.05) is 62.7 Å². The van der Waals surface area contributed by atoms with Crippen molar-refractivity contribution in [3.63, 3.8) is 0 Å². The standard InChI is InChI=1S/C16H17N7O/c24-16(14-8-17-3-4-18-14)22-10-13(11-23-6-1-2-20-23)9-21-7-5-19-15(21)12-22/h1-8,13H,9-12H2/t13-/m0/s1. The molecule has 8 heteroatoms. The number of amides is 1. The highest BCUT2D eigenvalue weighted by molar-refractivity contribution is 5.91. The Labute approximate surface area is 138 Å². The summed E-state index contributed by atoms with van der Waals surface area (Å²) in [4.78, 5) is 27.1. The summed E-state index contributed by atoms with van der Waals surface area (Å²) < 4.78 is 4.01. The van der Waals surface area contributed by atoms with E-state index in [2.05, 4.69) is 24.6 Å². The second-order valence-electron chi connectivity index (χ2n) is 5.87. The molecule has 1 amide bonds. The van der Waals surface area contributed by atoms with Gasteiger partial charge < -0.3 is 9.47 Å². The summed E-state index contributed by atoms with van der Waals surface area (Å²) in [5.41, 5.74) is 0.357. The minimum absolute atomic E-state index is 0.120. The number of fused-ring (bicyclic) bond motifs is 1. The number of carbonyl (C=O) groups is 1. The van der Waals surface area contributed by atoms with E-state index in [1.165, 1.54) is 12.4 Å². The Morgan fingerprint density at radius 1 is 1.12 bits per heavy atom. The fraction of sp³-hybridized carbons (Fsp3) is 0.312. The predicted molar refractivity (Wildman–Crippen MR) is 84.7 cm³/mol. The molecule has 0 saturated carbocycles. The van der Waals surface area contributed by atoms with Crippen molar-refractivity contribution in [2.75, 3.05) is 6.54 Å². The third kappa shape index (κ3) is 2.90. The van der Waals surface area contributed by atoms with E-state index in [1.54, 1.807) is 23.5 Å². The van der Waals surface area contributed by atoms with Gasteiger partial charge in [-0.25, -0.2) is 9.97 Å². The smallest absolute Gasteiger partial charge is 0.274 e. The number of hydrogen-bond acceptors (Lipinski definition) is 5. The van der Waals surface area contributed by atoms with Crippen LogP contribution >= 0.6 is 0 Å². The molecule has 8 nitrogen and oxygen atoms in total. The zero-order valence-corrected chi connectivity index (χ0v) is 13.1. The van der Waals surface area contributed by atoms with Crippen LogP contribution in [0.15, 0.2) is 49.4 Å². The Kier molecular flexibility index (Phi) is 3.78. The topological polar surface area (TPSA) is 81.7 Å². The third-order valence-electron chi connectivity index (χ3n) is 4.14. The van der Waals surface area contributed by atoms with Crippen LogP contribution in [-0.2, 0) is 19.6 Å². The predicted octanol–water partition coefficient (Wildman–Crippen LogP) is 0.842. The first-order chi connectivity index (χ1) is 11.8. The quantitative estimate of drug-likeness (QED) is 0.713. The molecule has 4 rings (SSSR count). The molecule has 24 heavy (non-hydrogen) atoms. The molecular formula is C16H17N7O. The number of rotatable bonds is 3. The lowest BCUT2D eigenvalue weighted by Crippen LogP contribution is -2.35. The first-order valence-corrected chi connectivity index (χ1v) is 7.82. The fourth-order valence-electron chi connectivity index (χ4n) is 3.06. The highest BCUT2D eigenvalue weighted by atomic mass is 16.2. The summed E-state index contributed by atoms with van der Waals surface area (Å²) in [7, 11) is 0. The van der Waals surface area contributed by atoms with Crippen LogP contribution in [0.2, 0.25) is 0 Å². The molecule has 122 valence electrons. The summed E-state index contributed by atoms with van der Waals surface area (Å²) in [6.07, 6.45) is 12.0.